The van der Waals surface area contributed by atoms with Gasteiger partial charge in [0.25, 0.3) is 5.91 Å². The van der Waals surface area contributed by atoms with Gasteiger partial charge < -0.3 is 24.7 Å². The zero-order chi connectivity index (χ0) is 27.4. The standard InChI is InChI=1S/C28H37ClN2O6/c1-7-11-30(22-16(4)9-8-10-19(22)29)25(34)23-28-13-17(5)27(6,37-28)21(26(35)36)20(28)24(33)31(23)18(14-32)12-15(2)3/h7-10,15,17-18,20-21,23,32H,1,11-14H2,2-6H3,(H,35,36)/t17?,18-,20+,21-,23?,27+,28?/m1/s1. The number of carboxylic acid groups (broad SMARTS) is 1. The van der Waals surface area contributed by atoms with E-state index in [0.29, 0.717) is 23.6 Å². The maximum atomic E-state index is 14.6. The van der Waals surface area contributed by atoms with E-state index in [1.807, 2.05) is 33.8 Å². The molecule has 3 saturated heterocycles. The van der Waals surface area contributed by atoms with Crippen LogP contribution in [0.15, 0.2) is 30.9 Å². The number of carbonyl (C=O) groups excluding carboxylic acids is 2. The number of ether oxygens (including phenoxy) is 1. The molecule has 0 saturated carbocycles. The van der Waals surface area contributed by atoms with Crippen molar-refractivity contribution < 1.29 is 29.3 Å². The Kier molecular flexibility index (Phi) is 7.25. The second-order valence-electron chi connectivity index (χ2n) is 11.4. The number of amides is 2. The Morgan fingerprint density at radius 3 is 2.59 bits per heavy atom. The highest BCUT2D eigenvalue weighted by Crippen LogP contribution is 2.65. The summed E-state index contributed by atoms with van der Waals surface area (Å²) in [5.41, 5.74) is -1.14. The lowest BCUT2D eigenvalue weighted by atomic mass is 9.62. The molecule has 3 aliphatic heterocycles. The minimum absolute atomic E-state index is 0.123. The number of hydrogen-bond acceptors (Lipinski definition) is 5. The molecule has 2 N–H and O–H groups in total. The zero-order valence-electron chi connectivity index (χ0n) is 22.1. The van der Waals surface area contributed by atoms with E-state index in [4.69, 9.17) is 16.3 Å². The molecule has 9 heteroatoms. The first kappa shape index (κ1) is 27.6. The Balaban J connectivity index is 1.92. The SMILES string of the molecule is C=CCN(C(=O)C1N([C@@H](CO)CC(C)C)C(=O)[C@@H]2[C@H](C(=O)O)[C@@]3(C)OC12CC3C)c1c(C)cccc1Cl. The average molecular weight is 533 g/mol. The number of aliphatic hydroxyl groups is 1. The number of rotatable bonds is 9. The van der Waals surface area contributed by atoms with Crippen LogP contribution in [-0.2, 0) is 19.1 Å². The molecular formula is C28H37ClN2O6. The molecule has 202 valence electrons. The number of nitrogens with zero attached hydrogens (tertiary/aromatic N) is 2. The fourth-order valence-electron chi connectivity index (χ4n) is 7.08. The fraction of sp³-hybridized carbons (Fsp3) is 0.607. The van der Waals surface area contributed by atoms with Crippen LogP contribution >= 0.6 is 11.6 Å². The van der Waals surface area contributed by atoms with Gasteiger partial charge in [0, 0.05) is 6.54 Å². The largest absolute Gasteiger partial charge is 0.481 e. The number of aliphatic carboxylic acids is 1. The summed E-state index contributed by atoms with van der Waals surface area (Å²) in [6.45, 7) is 13.0. The van der Waals surface area contributed by atoms with Crippen LogP contribution in [0.3, 0.4) is 0 Å². The number of hydrogen-bond donors (Lipinski definition) is 2. The third-order valence-electron chi connectivity index (χ3n) is 8.64. The molecule has 3 aliphatic rings. The van der Waals surface area contributed by atoms with Gasteiger partial charge in [-0.15, -0.1) is 6.58 Å². The van der Waals surface area contributed by atoms with Crippen molar-refractivity contribution in [2.24, 2.45) is 23.7 Å². The Hall–Kier alpha value is -2.42. The molecule has 1 aromatic carbocycles. The molecule has 3 heterocycles. The first-order valence-electron chi connectivity index (χ1n) is 12.9. The summed E-state index contributed by atoms with van der Waals surface area (Å²) in [6.07, 6.45) is 2.40. The first-order chi connectivity index (χ1) is 17.4. The normalized spacial score (nSPS) is 33.1. The van der Waals surface area contributed by atoms with E-state index in [1.54, 1.807) is 25.1 Å². The molecule has 2 bridgehead atoms. The molecule has 7 atom stereocenters. The van der Waals surface area contributed by atoms with Crippen molar-refractivity contribution in [1.29, 1.82) is 0 Å². The van der Waals surface area contributed by atoms with Gasteiger partial charge in [-0.05, 0) is 50.2 Å². The van der Waals surface area contributed by atoms with E-state index < -0.39 is 52.9 Å². The second-order valence-corrected chi connectivity index (χ2v) is 11.8. The van der Waals surface area contributed by atoms with E-state index in [-0.39, 0.29) is 25.0 Å². The van der Waals surface area contributed by atoms with Gasteiger partial charge in [0.1, 0.15) is 17.6 Å². The van der Waals surface area contributed by atoms with Crippen LogP contribution in [0.1, 0.15) is 46.1 Å². The van der Waals surface area contributed by atoms with Crippen LogP contribution in [0.5, 0.6) is 0 Å². The van der Waals surface area contributed by atoms with Crippen molar-refractivity contribution >= 4 is 35.1 Å². The molecular weight excluding hydrogens is 496 g/mol. The van der Waals surface area contributed by atoms with E-state index in [9.17, 15) is 24.6 Å². The molecule has 1 spiro atoms. The minimum Gasteiger partial charge on any atom is -0.481 e. The van der Waals surface area contributed by atoms with Crippen molar-refractivity contribution in [1.82, 2.24) is 4.90 Å². The van der Waals surface area contributed by atoms with E-state index in [1.165, 1.54) is 9.80 Å². The van der Waals surface area contributed by atoms with E-state index in [2.05, 4.69) is 6.58 Å². The van der Waals surface area contributed by atoms with Gasteiger partial charge in [0.2, 0.25) is 5.91 Å². The summed E-state index contributed by atoms with van der Waals surface area (Å²) < 4.78 is 6.58. The number of aliphatic hydroxyl groups excluding tert-OH is 1. The number of aryl methyl sites for hydroxylation is 1. The van der Waals surface area contributed by atoms with Crippen LogP contribution in [-0.4, -0.2) is 69.3 Å². The molecule has 0 radical (unpaired) electrons. The monoisotopic (exact) mass is 532 g/mol. The summed E-state index contributed by atoms with van der Waals surface area (Å²) in [5.74, 6) is -4.18. The van der Waals surface area contributed by atoms with Gasteiger partial charge in [0.15, 0.2) is 0 Å². The molecule has 8 nitrogen and oxygen atoms in total. The van der Waals surface area contributed by atoms with E-state index in [0.717, 1.165) is 5.56 Å². The van der Waals surface area contributed by atoms with Gasteiger partial charge in [0.05, 0.1) is 34.9 Å². The predicted molar refractivity (Wildman–Crippen MR) is 140 cm³/mol. The summed E-state index contributed by atoms with van der Waals surface area (Å²) in [7, 11) is 0. The molecule has 3 fully saturated rings. The highest BCUT2D eigenvalue weighted by atomic mass is 35.5. The van der Waals surface area contributed by atoms with Crippen LogP contribution < -0.4 is 4.90 Å². The number of para-hydroxylation sites is 1. The fourth-order valence-corrected chi connectivity index (χ4v) is 7.40. The number of carboxylic acids is 1. The lowest BCUT2D eigenvalue weighted by Crippen LogP contribution is -2.59. The second kappa shape index (κ2) is 9.71. The van der Waals surface area contributed by atoms with Crippen LogP contribution in [0, 0.1) is 30.6 Å². The maximum absolute atomic E-state index is 14.6. The molecule has 0 aliphatic carbocycles. The zero-order valence-corrected chi connectivity index (χ0v) is 22.9. The third-order valence-corrected chi connectivity index (χ3v) is 8.94. The number of benzene rings is 1. The van der Waals surface area contributed by atoms with Crippen molar-refractivity contribution in [2.75, 3.05) is 18.1 Å². The summed E-state index contributed by atoms with van der Waals surface area (Å²) in [5, 5.41) is 21.0. The molecule has 0 aromatic heterocycles. The van der Waals surface area contributed by atoms with Gasteiger partial charge in [-0.25, -0.2) is 0 Å². The number of anilines is 1. The van der Waals surface area contributed by atoms with Gasteiger partial charge in [-0.3, -0.25) is 14.4 Å². The van der Waals surface area contributed by atoms with Crippen LogP contribution in [0.2, 0.25) is 5.02 Å². The van der Waals surface area contributed by atoms with Crippen molar-refractivity contribution in [3.05, 3.63) is 41.4 Å². The topological polar surface area (TPSA) is 107 Å². The highest BCUT2D eigenvalue weighted by molar-refractivity contribution is 6.34. The van der Waals surface area contributed by atoms with Crippen LogP contribution in [0.25, 0.3) is 0 Å². The number of halogens is 1. The average Bonchev–Trinajstić information content (AvgIpc) is 3.33. The highest BCUT2D eigenvalue weighted by Gasteiger charge is 2.80. The predicted octanol–water partition coefficient (Wildman–Crippen LogP) is 3.67. The van der Waals surface area contributed by atoms with Gasteiger partial charge in [-0.2, -0.15) is 0 Å². The third kappa shape index (κ3) is 3.99. The smallest absolute Gasteiger partial charge is 0.310 e. The molecule has 3 unspecified atom stereocenters. The Bertz CT molecular complexity index is 1100. The van der Waals surface area contributed by atoms with Gasteiger partial charge in [-0.1, -0.05) is 50.6 Å². The summed E-state index contributed by atoms with van der Waals surface area (Å²) >= 11 is 6.57. The number of likely N-dealkylation sites (tertiary alicyclic amines) is 1. The molecule has 37 heavy (non-hydrogen) atoms. The Morgan fingerprint density at radius 1 is 1.38 bits per heavy atom. The number of carbonyl (C=O) groups is 3. The first-order valence-corrected chi connectivity index (χ1v) is 13.3. The molecule has 1 aromatic rings. The maximum Gasteiger partial charge on any atom is 0.310 e. The van der Waals surface area contributed by atoms with Gasteiger partial charge >= 0.3 is 5.97 Å². The Labute approximate surface area is 223 Å². The lowest BCUT2D eigenvalue weighted by molar-refractivity contribution is -0.157. The lowest BCUT2D eigenvalue weighted by Gasteiger charge is -2.40. The number of fused-ring (bicyclic) bond motifs is 1. The van der Waals surface area contributed by atoms with Crippen molar-refractivity contribution in [3.8, 4) is 0 Å². The minimum atomic E-state index is -1.33. The molecule has 4 rings (SSSR count). The summed E-state index contributed by atoms with van der Waals surface area (Å²) in [6, 6.07) is 3.55. The summed E-state index contributed by atoms with van der Waals surface area (Å²) in [4.78, 5) is 44.3. The van der Waals surface area contributed by atoms with Crippen molar-refractivity contribution in [2.45, 2.75) is 70.7 Å². The Morgan fingerprint density at radius 2 is 2.05 bits per heavy atom. The van der Waals surface area contributed by atoms with Crippen molar-refractivity contribution in [3.63, 3.8) is 0 Å². The quantitative estimate of drug-likeness (QED) is 0.470. The molecule has 2 amide bonds. The van der Waals surface area contributed by atoms with E-state index >= 15 is 0 Å². The van der Waals surface area contributed by atoms with Crippen LogP contribution in [0.4, 0.5) is 5.69 Å².